The number of thioether (sulfide) groups is 1. The van der Waals surface area contributed by atoms with E-state index in [0.717, 1.165) is 0 Å². The zero-order valence-electron chi connectivity index (χ0n) is 13.9. The molecule has 0 aromatic carbocycles. The maximum absolute atomic E-state index is 12.3. The lowest BCUT2D eigenvalue weighted by Crippen LogP contribution is -2.63. The Bertz CT molecular complexity index is 632. The van der Waals surface area contributed by atoms with Gasteiger partial charge in [-0.25, -0.2) is 4.79 Å². The van der Waals surface area contributed by atoms with Gasteiger partial charge in [-0.3, -0.25) is 9.59 Å². The number of aliphatic carboxylic acids is 1. The smallest absolute Gasteiger partial charge is 0.353 e. The number of carbonyl (C=O) groups excluding carboxylic acids is 2. The average Bonchev–Trinajstić information content (AvgIpc) is 3.03. The fourth-order valence-corrected chi connectivity index (χ4v) is 5.44. The number of aliphatic hydroxyl groups is 1. The molecule has 0 bridgehead atoms. The standard InChI is InChI=1S/C16H22N2O5S/c1-6-12-11(8(3)20)15(21)18(12)13(16(22)23)14(6)24-9-4-10(7(2)19)17-5-9/h6,8-12,17,20H,4-5H2,1-3H3,(H,22,23). The maximum atomic E-state index is 12.3. The largest absolute Gasteiger partial charge is 0.477 e. The number of carboxylic acid groups (broad SMARTS) is 1. The Labute approximate surface area is 144 Å². The highest BCUT2D eigenvalue weighted by atomic mass is 32.2. The number of amides is 1. The molecule has 3 heterocycles. The number of aliphatic hydroxyl groups excluding tert-OH is 1. The van der Waals surface area contributed by atoms with E-state index in [2.05, 4.69) is 5.32 Å². The number of hydrogen-bond acceptors (Lipinski definition) is 6. The Morgan fingerprint density at radius 1 is 1.42 bits per heavy atom. The minimum absolute atomic E-state index is 0.0469. The maximum Gasteiger partial charge on any atom is 0.353 e. The molecular weight excluding hydrogens is 332 g/mol. The van der Waals surface area contributed by atoms with Crippen molar-refractivity contribution < 1.29 is 24.6 Å². The van der Waals surface area contributed by atoms with Crippen LogP contribution >= 0.6 is 11.8 Å². The number of β-lactam (4-membered cyclic amide) rings is 1. The van der Waals surface area contributed by atoms with E-state index in [4.69, 9.17) is 0 Å². The molecule has 3 rings (SSSR count). The normalized spacial score (nSPS) is 36.6. The van der Waals surface area contributed by atoms with E-state index in [1.165, 1.54) is 16.7 Å². The number of ketones is 1. The van der Waals surface area contributed by atoms with Gasteiger partial charge >= 0.3 is 5.97 Å². The highest BCUT2D eigenvalue weighted by molar-refractivity contribution is 8.03. The van der Waals surface area contributed by atoms with Crippen molar-refractivity contribution >= 4 is 29.4 Å². The van der Waals surface area contributed by atoms with Crippen molar-refractivity contribution in [2.75, 3.05) is 6.54 Å². The van der Waals surface area contributed by atoms with E-state index in [9.17, 15) is 24.6 Å². The molecule has 0 aliphatic carbocycles. The molecule has 0 aromatic rings. The average molecular weight is 354 g/mol. The SMILES string of the molecule is CC(=O)C1CC(SC2=C(C(=O)O)N3C(=O)C(C(C)O)C3C2C)CN1. The highest BCUT2D eigenvalue weighted by Gasteiger charge is 2.60. The quantitative estimate of drug-likeness (QED) is 0.605. The number of carboxylic acids is 1. The van der Waals surface area contributed by atoms with Crippen LogP contribution in [0.4, 0.5) is 0 Å². The van der Waals surface area contributed by atoms with Gasteiger partial charge in [0.25, 0.3) is 0 Å². The Balaban J connectivity index is 1.83. The lowest BCUT2D eigenvalue weighted by Gasteiger charge is -2.46. The Morgan fingerprint density at radius 3 is 2.58 bits per heavy atom. The second-order valence-electron chi connectivity index (χ2n) is 6.82. The molecule has 8 heteroatoms. The van der Waals surface area contributed by atoms with Crippen LogP contribution in [0.1, 0.15) is 27.2 Å². The summed E-state index contributed by atoms with van der Waals surface area (Å²) >= 11 is 1.45. The molecule has 6 atom stereocenters. The van der Waals surface area contributed by atoms with Crippen LogP contribution in [0.5, 0.6) is 0 Å². The van der Waals surface area contributed by atoms with Crippen LogP contribution in [0.15, 0.2) is 10.6 Å². The van der Waals surface area contributed by atoms with Gasteiger partial charge in [0.15, 0.2) is 0 Å². The number of rotatable bonds is 5. The predicted molar refractivity (Wildman–Crippen MR) is 88.1 cm³/mol. The molecule has 0 saturated carbocycles. The molecule has 0 spiro atoms. The number of Topliss-reactive ketones (excluding diaryl/α,β-unsaturated/α-hetero) is 1. The molecule has 0 aromatic heterocycles. The van der Waals surface area contributed by atoms with Crippen LogP contribution in [0.3, 0.4) is 0 Å². The summed E-state index contributed by atoms with van der Waals surface area (Å²) in [6, 6.07) is -0.471. The minimum Gasteiger partial charge on any atom is -0.477 e. The van der Waals surface area contributed by atoms with Gasteiger partial charge in [-0.15, -0.1) is 11.8 Å². The number of nitrogens with zero attached hydrogens (tertiary/aromatic N) is 1. The van der Waals surface area contributed by atoms with Gasteiger partial charge in [-0.2, -0.15) is 0 Å². The van der Waals surface area contributed by atoms with Gasteiger partial charge < -0.3 is 20.4 Å². The van der Waals surface area contributed by atoms with Crippen molar-refractivity contribution in [2.24, 2.45) is 11.8 Å². The van der Waals surface area contributed by atoms with Crippen LogP contribution in [-0.2, 0) is 14.4 Å². The molecule has 0 radical (unpaired) electrons. The molecule has 2 saturated heterocycles. The zero-order valence-corrected chi connectivity index (χ0v) is 14.7. The Hall–Kier alpha value is -1.38. The third-order valence-electron chi connectivity index (χ3n) is 5.19. The fourth-order valence-electron chi connectivity index (χ4n) is 3.96. The summed E-state index contributed by atoms with van der Waals surface area (Å²) in [7, 11) is 0. The van der Waals surface area contributed by atoms with Crippen molar-refractivity contribution in [1.82, 2.24) is 10.2 Å². The summed E-state index contributed by atoms with van der Waals surface area (Å²) in [4.78, 5) is 37.5. The van der Waals surface area contributed by atoms with Crippen LogP contribution in [0, 0.1) is 11.8 Å². The first-order valence-corrected chi connectivity index (χ1v) is 9.01. The number of nitrogens with one attached hydrogen (secondary N) is 1. The van der Waals surface area contributed by atoms with Crippen molar-refractivity contribution in [2.45, 2.75) is 50.6 Å². The molecule has 6 unspecified atom stereocenters. The third-order valence-corrected chi connectivity index (χ3v) is 6.70. The Kier molecular flexibility index (Phi) is 4.48. The van der Waals surface area contributed by atoms with Crippen molar-refractivity contribution in [1.29, 1.82) is 0 Å². The van der Waals surface area contributed by atoms with Gasteiger partial charge in [0.2, 0.25) is 5.91 Å². The number of fused-ring (bicyclic) bond motifs is 1. The van der Waals surface area contributed by atoms with E-state index in [0.29, 0.717) is 17.9 Å². The van der Waals surface area contributed by atoms with Crippen molar-refractivity contribution in [3.05, 3.63) is 10.6 Å². The lowest BCUT2D eigenvalue weighted by atomic mass is 9.79. The molecule has 7 nitrogen and oxygen atoms in total. The van der Waals surface area contributed by atoms with E-state index < -0.39 is 18.0 Å². The predicted octanol–water partition coefficient (Wildman–Crippen LogP) is 0.193. The molecule has 3 aliphatic rings. The summed E-state index contributed by atoms with van der Waals surface area (Å²) in [6.07, 6.45) is -0.141. The molecule has 2 fully saturated rings. The molecule has 24 heavy (non-hydrogen) atoms. The topological polar surface area (TPSA) is 107 Å². The van der Waals surface area contributed by atoms with Gasteiger partial charge in [-0.05, 0) is 20.3 Å². The van der Waals surface area contributed by atoms with E-state index >= 15 is 0 Å². The van der Waals surface area contributed by atoms with Gasteiger partial charge in [0, 0.05) is 22.6 Å². The van der Waals surface area contributed by atoms with Crippen LogP contribution in [0.25, 0.3) is 0 Å². The van der Waals surface area contributed by atoms with E-state index in [1.807, 2.05) is 6.92 Å². The van der Waals surface area contributed by atoms with Crippen LogP contribution in [0.2, 0.25) is 0 Å². The second-order valence-corrected chi connectivity index (χ2v) is 8.16. The molecule has 132 valence electrons. The lowest BCUT2D eigenvalue weighted by molar-refractivity contribution is -0.163. The first-order valence-electron chi connectivity index (χ1n) is 8.13. The number of carbonyl (C=O) groups is 3. The van der Waals surface area contributed by atoms with Crippen LogP contribution in [-0.4, -0.2) is 62.8 Å². The summed E-state index contributed by atoms with van der Waals surface area (Å²) in [5.41, 5.74) is 0.0469. The summed E-state index contributed by atoms with van der Waals surface area (Å²) in [6.45, 7) is 5.65. The molecule has 3 aliphatic heterocycles. The first-order chi connectivity index (χ1) is 11.2. The van der Waals surface area contributed by atoms with Gasteiger partial charge in [0.05, 0.1) is 24.1 Å². The monoisotopic (exact) mass is 354 g/mol. The van der Waals surface area contributed by atoms with E-state index in [1.54, 1.807) is 13.8 Å². The van der Waals surface area contributed by atoms with Gasteiger partial charge in [-0.1, -0.05) is 6.92 Å². The summed E-state index contributed by atoms with van der Waals surface area (Å²) in [5, 5.41) is 22.7. The van der Waals surface area contributed by atoms with E-state index in [-0.39, 0.29) is 40.6 Å². The molecule has 3 N–H and O–H groups in total. The zero-order chi connectivity index (χ0) is 17.8. The first kappa shape index (κ1) is 17.4. The molecule has 1 amide bonds. The van der Waals surface area contributed by atoms with Gasteiger partial charge in [0.1, 0.15) is 11.5 Å². The summed E-state index contributed by atoms with van der Waals surface area (Å²) < 4.78 is 0. The van der Waals surface area contributed by atoms with Crippen molar-refractivity contribution in [3.63, 3.8) is 0 Å². The Morgan fingerprint density at radius 2 is 2.08 bits per heavy atom. The molecular formula is C16H22N2O5S. The van der Waals surface area contributed by atoms with Crippen molar-refractivity contribution in [3.8, 4) is 0 Å². The fraction of sp³-hybridized carbons (Fsp3) is 0.688. The minimum atomic E-state index is -1.11. The second kappa shape index (κ2) is 6.16. The number of hydrogen-bond donors (Lipinski definition) is 3. The van der Waals surface area contributed by atoms with Crippen LogP contribution < -0.4 is 5.32 Å². The third kappa shape index (κ3) is 2.57. The highest BCUT2D eigenvalue weighted by Crippen LogP contribution is 2.51. The summed E-state index contributed by atoms with van der Waals surface area (Å²) in [5.74, 6) is -2.02.